The van der Waals surface area contributed by atoms with Gasteiger partial charge in [-0.05, 0) is 19.8 Å². The molecule has 6 nitrogen and oxygen atoms in total. The summed E-state index contributed by atoms with van der Waals surface area (Å²) in [7, 11) is 1.51. The molecule has 1 atom stereocenters. The summed E-state index contributed by atoms with van der Waals surface area (Å²) in [6, 6.07) is -0.923. The SMILES string of the molecule is CCN(C(=O)NC(CCOC)C(=O)O)C1CCCCC1. The minimum Gasteiger partial charge on any atom is -0.480 e. The fourth-order valence-electron chi connectivity index (χ4n) is 2.69. The Morgan fingerprint density at radius 3 is 2.50 bits per heavy atom. The molecule has 0 spiro atoms. The number of methoxy groups -OCH3 is 1. The lowest BCUT2D eigenvalue weighted by Crippen LogP contribution is -2.52. The van der Waals surface area contributed by atoms with Crippen LogP contribution in [0.2, 0.25) is 0 Å². The van der Waals surface area contributed by atoms with Gasteiger partial charge in [0, 0.05) is 32.7 Å². The first-order valence-corrected chi connectivity index (χ1v) is 7.39. The second-order valence-corrected chi connectivity index (χ2v) is 5.20. The van der Waals surface area contributed by atoms with Gasteiger partial charge in [0.05, 0.1) is 0 Å². The molecule has 1 fully saturated rings. The van der Waals surface area contributed by atoms with Gasteiger partial charge in [0.25, 0.3) is 0 Å². The third-order valence-electron chi connectivity index (χ3n) is 3.82. The summed E-state index contributed by atoms with van der Waals surface area (Å²) >= 11 is 0. The summed E-state index contributed by atoms with van der Waals surface area (Å²) in [6.07, 6.45) is 5.80. The highest BCUT2D eigenvalue weighted by Crippen LogP contribution is 2.22. The van der Waals surface area contributed by atoms with Crippen LogP contribution in [-0.4, -0.2) is 54.4 Å². The Bertz CT molecular complexity index is 316. The third-order valence-corrected chi connectivity index (χ3v) is 3.82. The minimum atomic E-state index is -1.02. The number of nitrogens with zero attached hydrogens (tertiary/aromatic N) is 1. The van der Waals surface area contributed by atoms with Crippen LogP contribution in [-0.2, 0) is 9.53 Å². The van der Waals surface area contributed by atoms with Crippen LogP contribution < -0.4 is 5.32 Å². The summed E-state index contributed by atoms with van der Waals surface area (Å²) in [5.74, 6) is -1.02. The summed E-state index contributed by atoms with van der Waals surface area (Å²) in [5.41, 5.74) is 0. The second-order valence-electron chi connectivity index (χ2n) is 5.20. The monoisotopic (exact) mass is 286 g/mol. The van der Waals surface area contributed by atoms with Crippen LogP contribution in [0, 0.1) is 0 Å². The van der Waals surface area contributed by atoms with E-state index in [1.165, 1.54) is 13.5 Å². The van der Waals surface area contributed by atoms with Gasteiger partial charge in [-0.25, -0.2) is 9.59 Å². The van der Waals surface area contributed by atoms with Gasteiger partial charge in [-0.1, -0.05) is 19.3 Å². The van der Waals surface area contributed by atoms with E-state index in [9.17, 15) is 9.59 Å². The molecule has 0 aromatic rings. The average Bonchev–Trinajstić information content (AvgIpc) is 2.45. The molecule has 1 aliphatic carbocycles. The number of nitrogens with one attached hydrogen (secondary N) is 1. The maximum Gasteiger partial charge on any atom is 0.326 e. The summed E-state index contributed by atoms with van der Waals surface area (Å²) in [6.45, 7) is 2.85. The Hall–Kier alpha value is -1.30. The molecule has 0 bridgehead atoms. The lowest BCUT2D eigenvalue weighted by molar-refractivity contribution is -0.139. The van der Waals surface area contributed by atoms with E-state index in [1.807, 2.05) is 6.92 Å². The standard InChI is InChI=1S/C14H26N2O4/c1-3-16(11-7-5-4-6-8-11)14(19)15-12(13(17)18)9-10-20-2/h11-12H,3-10H2,1-2H3,(H,15,19)(H,17,18). The minimum absolute atomic E-state index is 0.241. The van der Waals surface area contributed by atoms with Gasteiger partial charge >= 0.3 is 12.0 Å². The van der Waals surface area contributed by atoms with E-state index < -0.39 is 12.0 Å². The van der Waals surface area contributed by atoms with Gasteiger partial charge in [0.1, 0.15) is 6.04 Å². The van der Waals surface area contributed by atoms with Gasteiger partial charge in [-0.2, -0.15) is 0 Å². The second kappa shape index (κ2) is 8.79. The Balaban J connectivity index is 2.57. The number of carboxylic acid groups (broad SMARTS) is 1. The molecule has 1 aliphatic rings. The lowest BCUT2D eigenvalue weighted by Gasteiger charge is -2.34. The van der Waals surface area contributed by atoms with Crippen LogP contribution in [0.1, 0.15) is 45.4 Å². The van der Waals surface area contributed by atoms with Gasteiger partial charge in [-0.15, -0.1) is 0 Å². The van der Waals surface area contributed by atoms with Crippen molar-refractivity contribution in [3.63, 3.8) is 0 Å². The Kier molecular flexibility index (Phi) is 7.36. The zero-order chi connectivity index (χ0) is 15.0. The number of ether oxygens (including phenoxy) is 1. The average molecular weight is 286 g/mol. The predicted molar refractivity (Wildman–Crippen MR) is 75.7 cm³/mol. The highest BCUT2D eigenvalue weighted by Gasteiger charge is 2.27. The van der Waals surface area contributed by atoms with Crippen molar-refractivity contribution in [1.29, 1.82) is 0 Å². The van der Waals surface area contributed by atoms with Crippen molar-refractivity contribution in [2.75, 3.05) is 20.3 Å². The van der Waals surface area contributed by atoms with E-state index >= 15 is 0 Å². The molecule has 0 aromatic carbocycles. The number of carbonyl (C=O) groups is 2. The molecule has 1 rings (SSSR count). The molecule has 0 saturated heterocycles. The molecular weight excluding hydrogens is 260 g/mol. The molecular formula is C14H26N2O4. The van der Waals surface area contributed by atoms with Gasteiger partial charge in [0.15, 0.2) is 0 Å². The normalized spacial score (nSPS) is 17.5. The quantitative estimate of drug-likeness (QED) is 0.748. The first kappa shape index (κ1) is 16.8. The van der Waals surface area contributed by atoms with Crippen molar-refractivity contribution >= 4 is 12.0 Å². The van der Waals surface area contributed by atoms with Crippen molar-refractivity contribution < 1.29 is 19.4 Å². The Morgan fingerprint density at radius 1 is 1.35 bits per heavy atom. The molecule has 6 heteroatoms. The van der Waals surface area contributed by atoms with E-state index in [-0.39, 0.29) is 18.5 Å². The maximum absolute atomic E-state index is 12.3. The van der Waals surface area contributed by atoms with Crippen molar-refractivity contribution in [3.8, 4) is 0 Å². The molecule has 1 saturated carbocycles. The van der Waals surface area contributed by atoms with Gasteiger partial charge in [-0.3, -0.25) is 0 Å². The summed E-state index contributed by atoms with van der Waals surface area (Å²) < 4.78 is 4.88. The molecule has 2 amide bonds. The Labute approximate surface area is 120 Å². The number of urea groups is 1. The number of rotatable bonds is 7. The molecule has 2 N–H and O–H groups in total. The van der Waals surface area contributed by atoms with Crippen molar-refractivity contribution in [2.24, 2.45) is 0 Å². The van der Waals surface area contributed by atoms with Crippen LogP contribution in [0.5, 0.6) is 0 Å². The molecule has 0 heterocycles. The van der Waals surface area contributed by atoms with Crippen molar-refractivity contribution in [1.82, 2.24) is 10.2 Å². The van der Waals surface area contributed by atoms with Crippen LogP contribution in [0.25, 0.3) is 0 Å². The number of carboxylic acids is 1. The molecule has 116 valence electrons. The van der Waals surface area contributed by atoms with Crippen LogP contribution >= 0.6 is 0 Å². The zero-order valence-corrected chi connectivity index (χ0v) is 12.4. The highest BCUT2D eigenvalue weighted by atomic mass is 16.5. The fraction of sp³-hybridized carbons (Fsp3) is 0.857. The topological polar surface area (TPSA) is 78.9 Å². The van der Waals surface area contributed by atoms with Gasteiger partial charge < -0.3 is 20.1 Å². The molecule has 0 aliphatic heterocycles. The Morgan fingerprint density at radius 2 is 2.00 bits per heavy atom. The van der Waals surface area contributed by atoms with Crippen LogP contribution in [0.4, 0.5) is 4.79 Å². The molecule has 0 aromatic heterocycles. The zero-order valence-electron chi connectivity index (χ0n) is 12.4. The van der Waals surface area contributed by atoms with Gasteiger partial charge in [0.2, 0.25) is 0 Å². The first-order valence-electron chi connectivity index (χ1n) is 7.39. The number of hydrogen-bond donors (Lipinski definition) is 2. The summed E-state index contributed by atoms with van der Waals surface area (Å²) in [5, 5.41) is 11.7. The molecule has 0 radical (unpaired) electrons. The summed E-state index contributed by atoms with van der Waals surface area (Å²) in [4.78, 5) is 25.2. The van der Waals surface area contributed by atoms with E-state index in [4.69, 9.17) is 9.84 Å². The third kappa shape index (κ3) is 5.00. The fourth-order valence-corrected chi connectivity index (χ4v) is 2.69. The highest BCUT2D eigenvalue weighted by molar-refractivity contribution is 5.82. The molecule has 1 unspecified atom stereocenters. The first-order chi connectivity index (χ1) is 9.60. The van der Waals surface area contributed by atoms with Crippen molar-refractivity contribution in [3.05, 3.63) is 0 Å². The number of amides is 2. The van der Waals surface area contributed by atoms with Crippen LogP contribution in [0.15, 0.2) is 0 Å². The molecule has 20 heavy (non-hydrogen) atoms. The van der Waals surface area contributed by atoms with Crippen molar-refractivity contribution in [2.45, 2.75) is 57.5 Å². The van der Waals surface area contributed by atoms with E-state index in [0.717, 1.165) is 25.7 Å². The largest absolute Gasteiger partial charge is 0.480 e. The van der Waals surface area contributed by atoms with Crippen LogP contribution in [0.3, 0.4) is 0 Å². The number of hydrogen-bond acceptors (Lipinski definition) is 3. The lowest BCUT2D eigenvalue weighted by atomic mass is 9.94. The van der Waals surface area contributed by atoms with E-state index in [1.54, 1.807) is 4.90 Å². The van der Waals surface area contributed by atoms with E-state index in [2.05, 4.69) is 5.32 Å². The smallest absolute Gasteiger partial charge is 0.326 e. The number of carbonyl (C=O) groups excluding carboxylic acids is 1. The van der Waals surface area contributed by atoms with E-state index in [0.29, 0.717) is 13.2 Å². The number of aliphatic carboxylic acids is 1. The predicted octanol–water partition coefficient (Wildman–Crippen LogP) is 1.84. The maximum atomic E-state index is 12.3.